The lowest BCUT2D eigenvalue weighted by molar-refractivity contribution is -0.120. The fraction of sp³-hybridized carbons (Fsp3) is 0.278. The van der Waals surface area contributed by atoms with Crippen LogP contribution in [0.4, 0.5) is 5.69 Å². The molecule has 0 radical (unpaired) electrons. The van der Waals surface area contributed by atoms with Crippen LogP contribution >= 0.6 is 23.2 Å². The van der Waals surface area contributed by atoms with E-state index in [4.69, 9.17) is 27.9 Å². The summed E-state index contributed by atoms with van der Waals surface area (Å²) in [5.74, 6) is 0.232. The highest BCUT2D eigenvalue weighted by atomic mass is 35.5. The summed E-state index contributed by atoms with van der Waals surface area (Å²) in [6.45, 7) is 1.39. The summed E-state index contributed by atoms with van der Waals surface area (Å²) in [6.07, 6.45) is 1.00. The average Bonchev–Trinajstić information content (AvgIpc) is 2.61. The molecule has 27 heavy (non-hydrogen) atoms. The maximum atomic E-state index is 12.5. The Balaban J connectivity index is 2.17. The maximum absolute atomic E-state index is 12.5. The Morgan fingerprint density at radius 1 is 1.19 bits per heavy atom. The van der Waals surface area contributed by atoms with Crippen molar-refractivity contribution in [2.45, 2.75) is 13.0 Å². The van der Waals surface area contributed by atoms with Gasteiger partial charge in [-0.05, 0) is 42.8 Å². The second-order valence-corrected chi connectivity index (χ2v) is 8.68. The predicted octanol–water partition coefficient (Wildman–Crippen LogP) is 3.65. The van der Waals surface area contributed by atoms with Gasteiger partial charge in [0.2, 0.25) is 15.9 Å². The molecule has 2 aromatic carbocycles. The first kappa shape index (κ1) is 21.3. The van der Waals surface area contributed by atoms with E-state index in [0.29, 0.717) is 10.8 Å². The molecule has 0 saturated heterocycles. The third-order valence-corrected chi connectivity index (χ3v) is 5.54. The van der Waals surface area contributed by atoms with E-state index in [2.05, 4.69) is 5.32 Å². The summed E-state index contributed by atoms with van der Waals surface area (Å²) in [7, 11) is -2.18. The minimum Gasteiger partial charge on any atom is -0.497 e. The van der Waals surface area contributed by atoms with Crippen molar-refractivity contribution in [3.8, 4) is 5.75 Å². The van der Waals surface area contributed by atoms with E-state index >= 15 is 0 Å². The number of carbonyl (C=O) groups excluding carboxylic acids is 1. The van der Waals surface area contributed by atoms with Gasteiger partial charge in [-0.3, -0.25) is 9.10 Å². The van der Waals surface area contributed by atoms with Crippen LogP contribution in [0.3, 0.4) is 0 Å². The van der Waals surface area contributed by atoms with Crippen LogP contribution in [-0.4, -0.2) is 34.2 Å². The zero-order valence-corrected chi connectivity index (χ0v) is 17.4. The summed E-state index contributed by atoms with van der Waals surface area (Å²) >= 11 is 12.0. The van der Waals surface area contributed by atoms with Crippen molar-refractivity contribution < 1.29 is 17.9 Å². The van der Waals surface area contributed by atoms with Gasteiger partial charge in [0.25, 0.3) is 0 Å². The molecule has 0 bridgehead atoms. The molecule has 9 heteroatoms. The number of halogens is 2. The van der Waals surface area contributed by atoms with Crippen LogP contribution in [0.2, 0.25) is 10.0 Å². The third-order valence-electron chi connectivity index (χ3n) is 3.86. The standard InChI is InChI=1S/C18H20Cl2N2O4S/c1-12(13-4-7-15(26-2)8-5-13)21-18(23)11-22(27(3,24)25)17-10-14(19)6-9-16(17)20/h4-10,12H,11H2,1-3H3,(H,21,23)/t12-/m0/s1. The highest BCUT2D eigenvalue weighted by molar-refractivity contribution is 7.92. The number of amides is 1. The van der Waals surface area contributed by atoms with Crippen LogP contribution < -0.4 is 14.4 Å². The zero-order valence-electron chi connectivity index (χ0n) is 15.1. The van der Waals surface area contributed by atoms with Crippen molar-refractivity contribution in [1.29, 1.82) is 0 Å². The number of anilines is 1. The first-order valence-corrected chi connectivity index (χ1v) is 10.6. The van der Waals surface area contributed by atoms with E-state index in [1.54, 1.807) is 32.2 Å². The molecule has 0 aliphatic heterocycles. The second-order valence-electron chi connectivity index (χ2n) is 5.93. The van der Waals surface area contributed by atoms with Gasteiger partial charge in [0, 0.05) is 5.02 Å². The molecule has 0 aromatic heterocycles. The fourth-order valence-electron chi connectivity index (χ4n) is 2.45. The van der Waals surface area contributed by atoms with Crippen molar-refractivity contribution in [3.05, 3.63) is 58.1 Å². The van der Waals surface area contributed by atoms with Crippen LogP contribution in [0, 0.1) is 0 Å². The molecule has 1 N–H and O–H groups in total. The summed E-state index contributed by atoms with van der Waals surface area (Å²) in [5, 5.41) is 3.27. The number of carbonyl (C=O) groups is 1. The number of methoxy groups -OCH3 is 1. The molecule has 0 heterocycles. The minimum absolute atomic E-state index is 0.152. The number of nitrogens with zero attached hydrogens (tertiary/aromatic N) is 1. The van der Waals surface area contributed by atoms with Crippen LogP contribution in [0.5, 0.6) is 5.75 Å². The lowest BCUT2D eigenvalue weighted by atomic mass is 10.1. The molecule has 6 nitrogen and oxygen atoms in total. The van der Waals surface area contributed by atoms with Crippen LogP contribution in [0.1, 0.15) is 18.5 Å². The summed E-state index contributed by atoms with van der Waals surface area (Å²) in [5.41, 5.74) is 1.01. The number of benzene rings is 2. The lowest BCUT2D eigenvalue weighted by Gasteiger charge is -2.24. The second kappa shape index (κ2) is 8.82. The fourth-order valence-corrected chi connectivity index (χ4v) is 3.75. The van der Waals surface area contributed by atoms with E-state index in [0.717, 1.165) is 16.1 Å². The van der Waals surface area contributed by atoms with Gasteiger partial charge in [-0.15, -0.1) is 0 Å². The van der Waals surface area contributed by atoms with E-state index < -0.39 is 22.5 Å². The highest BCUT2D eigenvalue weighted by Gasteiger charge is 2.24. The predicted molar refractivity (Wildman–Crippen MR) is 108 cm³/mol. The summed E-state index contributed by atoms with van der Waals surface area (Å²) < 4.78 is 30.4. The molecule has 146 valence electrons. The molecule has 0 aliphatic carbocycles. The zero-order chi connectivity index (χ0) is 20.2. The molecular formula is C18H20Cl2N2O4S. The Kier molecular flexibility index (Phi) is 6.97. The van der Waals surface area contributed by atoms with Crippen molar-refractivity contribution in [2.24, 2.45) is 0 Å². The molecule has 1 amide bonds. The van der Waals surface area contributed by atoms with Gasteiger partial charge in [-0.2, -0.15) is 0 Å². The van der Waals surface area contributed by atoms with E-state index in [-0.39, 0.29) is 16.8 Å². The number of rotatable bonds is 7. The van der Waals surface area contributed by atoms with E-state index in [9.17, 15) is 13.2 Å². The lowest BCUT2D eigenvalue weighted by Crippen LogP contribution is -2.41. The smallest absolute Gasteiger partial charge is 0.241 e. The van der Waals surface area contributed by atoms with Crippen molar-refractivity contribution >= 4 is 44.8 Å². The molecule has 0 aliphatic rings. The molecule has 0 unspecified atom stereocenters. The molecule has 0 fully saturated rings. The Bertz CT molecular complexity index is 917. The van der Waals surface area contributed by atoms with Crippen LogP contribution in [-0.2, 0) is 14.8 Å². The maximum Gasteiger partial charge on any atom is 0.241 e. The number of hydrogen-bond donors (Lipinski definition) is 1. The third kappa shape index (κ3) is 5.76. The van der Waals surface area contributed by atoms with Crippen LogP contribution in [0.15, 0.2) is 42.5 Å². The Morgan fingerprint density at radius 2 is 1.81 bits per heavy atom. The largest absolute Gasteiger partial charge is 0.497 e. The van der Waals surface area contributed by atoms with Crippen molar-refractivity contribution in [1.82, 2.24) is 5.32 Å². The molecule has 2 aromatic rings. The number of hydrogen-bond acceptors (Lipinski definition) is 4. The Labute approximate surface area is 169 Å². The highest BCUT2D eigenvalue weighted by Crippen LogP contribution is 2.30. The first-order valence-electron chi connectivity index (χ1n) is 7.98. The average molecular weight is 431 g/mol. The van der Waals surface area contributed by atoms with E-state index in [1.165, 1.54) is 12.1 Å². The van der Waals surface area contributed by atoms with Crippen molar-refractivity contribution in [3.63, 3.8) is 0 Å². The van der Waals surface area contributed by atoms with Crippen LogP contribution in [0.25, 0.3) is 0 Å². The summed E-state index contributed by atoms with van der Waals surface area (Å²) in [4.78, 5) is 12.5. The van der Waals surface area contributed by atoms with Gasteiger partial charge >= 0.3 is 0 Å². The van der Waals surface area contributed by atoms with Gasteiger partial charge in [0.05, 0.1) is 30.1 Å². The SMILES string of the molecule is COc1ccc([C@H](C)NC(=O)CN(c2cc(Cl)ccc2Cl)S(C)(=O)=O)cc1. The quantitative estimate of drug-likeness (QED) is 0.726. The Hall–Kier alpha value is -1.96. The number of ether oxygens (including phenoxy) is 1. The van der Waals surface area contributed by atoms with Crippen molar-refractivity contribution in [2.75, 3.05) is 24.2 Å². The number of sulfonamides is 1. The number of nitrogens with one attached hydrogen (secondary N) is 1. The van der Waals surface area contributed by atoms with Gasteiger partial charge in [-0.1, -0.05) is 35.3 Å². The van der Waals surface area contributed by atoms with Gasteiger partial charge in [0.15, 0.2) is 0 Å². The van der Waals surface area contributed by atoms with Gasteiger partial charge in [-0.25, -0.2) is 8.42 Å². The monoisotopic (exact) mass is 430 g/mol. The minimum atomic E-state index is -3.75. The molecule has 0 saturated carbocycles. The van der Waals surface area contributed by atoms with Gasteiger partial charge in [0.1, 0.15) is 12.3 Å². The summed E-state index contributed by atoms with van der Waals surface area (Å²) in [6, 6.07) is 11.3. The normalized spacial score (nSPS) is 12.3. The van der Waals surface area contributed by atoms with E-state index in [1.807, 2.05) is 12.1 Å². The molecular weight excluding hydrogens is 411 g/mol. The molecule has 1 atom stereocenters. The topological polar surface area (TPSA) is 75.7 Å². The van der Waals surface area contributed by atoms with Gasteiger partial charge < -0.3 is 10.1 Å². The Morgan fingerprint density at radius 3 is 2.37 bits per heavy atom. The first-order chi connectivity index (χ1) is 12.6. The molecule has 2 rings (SSSR count). The molecule has 0 spiro atoms.